The molecule has 7 rings (SSSR count). The summed E-state index contributed by atoms with van der Waals surface area (Å²) in [6.07, 6.45) is 3.28. The molecule has 2 aliphatic carbocycles. The monoisotopic (exact) mass is 689 g/mol. The predicted molar refractivity (Wildman–Crippen MR) is 172 cm³/mol. The zero-order valence-corrected chi connectivity index (χ0v) is 27.0. The molecule has 1 N–H and O–H groups in total. The summed E-state index contributed by atoms with van der Waals surface area (Å²) in [4.78, 5) is 22.8. The molecule has 3 heterocycles. The highest BCUT2D eigenvalue weighted by molar-refractivity contribution is 6.30. The van der Waals surface area contributed by atoms with E-state index in [0.29, 0.717) is 62.3 Å². The largest absolute Gasteiger partial charge is 0.484 e. The minimum atomic E-state index is -1.03. The number of imidazole rings is 1. The molecular weight excluding hydrogens is 659 g/mol. The number of rotatable bonds is 12. The number of benzene rings is 2. The molecule has 4 aromatic rings. The molecule has 0 amide bonds. The topological polar surface area (TPSA) is 114 Å². The van der Waals surface area contributed by atoms with Gasteiger partial charge in [-0.05, 0) is 67.6 Å². The summed E-state index contributed by atoms with van der Waals surface area (Å²) in [6.45, 7) is 1.95. The Morgan fingerprint density at radius 1 is 1.06 bits per heavy atom. The number of aromatic nitrogens is 3. The summed E-state index contributed by atoms with van der Waals surface area (Å²) in [6, 6.07) is 12.1. The van der Waals surface area contributed by atoms with Gasteiger partial charge in [0, 0.05) is 42.6 Å². The molecule has 1 saturated heterocycles. The van der Waals surface area contributed by atoms with Crippen molar-refractivity contribution in [1.29, 1.82) is 5.26 Å². The maximum atomic E-state index is 15.5. The number of nitrogens with zero attached hydrogens (tertiary/aromatic N) is 5. The molecule has 3 aliphatic rings. The molecule has 1 aliphatic heterocycles. The van der Waals surface area contributed by atoms with Crippen LogP contribution in [0.2, 0.25) is 5.02 Å². The first-order valence-corrected chi connectivity index (χ1v) is 16.4. The van der Waals surface area contributed by atoms with Gasteiger partial charge >= 0.3 is 5.97 Å². The van der Waals surface area contributed by atoms with E-state index >= 15 is 4.39 Å². The van der Waals surface area contributed by atoms with Gasteiger partial charge in [-0.1, -0.05) is 23.4 Å². The first-order chi connectivity index (χ1) is 23.6. The van der Waals surface area contributed by atoms with Crippen LogP contribution in [0.15, 0.2) is 42.5 Å². The van der Waals surface area contributed by atoms with E-state index in [1.165, 1.54) is 30.3 Å². The third-order valence-corrected chi connectivity index (χ3v) is 9.74. The Balaban J connectivity index is 1.04. The lowest BCUT2D eigenvalue weighted by Gasteiger charge is -2.32. The van der Waals surface area contributed by atoms with Crippen LogP contribution < -0.4 is 9.47 Å². The average molecular weight is 690 g/mol. The molecule has 0 radical (unpaired) electrons. The molecule has 0 bridgehead atoms. The Kier molecular flexibility index (Phi) is 8.86. The van der Waals surface area contributed by atoms with Crippen LogP contribution >= 0.6 is 11.6 Å². The van der Waals surface area contributed by atoms with E-state index in [-0.39, 0.29) is 46.0 Å². The second-order valence-electron chi connectivity index (χ2n) is 12.9. The quantitative estimate of drug-likeness (QED) is 0.165. The summed E-state index contributed by atoms with van der Waals surface area (Å²) in [5.74, 6) is 2.04. The zero-order chi connectivity index (χ0) is 34.3. The van der Waals surface area contributed by atoms with Gasteiger partial charge in [-0.15, -0.1) is 0 Å². The number of nitriles is 1. The summed E-state index contributed by atoms with van der Waals surface area (Å²) >= 11 is 5.79. The van der Waals surface area contributed by atoms with Crippen LogP contribution in [0.4, 0.5) is 13.2 Å². The number of halogens is 4. The third kappa shape index (κ3) is 6.89. The van der Waals surface area contributed by atoms with Gasteiger partial charge in [0.05, 0.1) is 24.0 Å². The van der Waals surface area contributed by atoms with Crippen molar-refractivity contribution in [3.05, 3.63) is 82.0 Å². The number of carboxylic acids is 1. The van der Waals surface area contributed by atoms with Gasteiger partial charge in [-0.25, -0.2) is 23.1 Å². The lowest BCUT2D eigenvalue weighted by Crippen LogP contribution is -2.38. The number of likely N-dealkylation sites (tertiary alicyclic amines) is 1. The van der Waals surface area contributed by atoms with Crippen molar-refractivity contribution in [2.24, 2.45) is 11.3 Å². The average Bonchev–Trinajstić information content (AvgIpc) is 3.72. The molecule has 2 fully saturated rings. The fraction of sp³-hybridized carbons (Fsp3) is 0.389. The van der Waals surface area contributed by atoms with Crippen molar-refractivity contribution in [3.8, 4) is 29.5 Å². The van der Waals surface area contributed by atoms with Crippen LogP contribution in [0.5, 0.6) is 11.6 Å². The highest BCUT2D eigenvalue weighted by Gasteiger charge is 2.44. The van der Waals surface area contributed by atoms with Gasteiger partial charge in [-0.3, -0.25) is 9.69 Å². The summed E-state index contributed by atoms with van der Waals surface area (Å²) in [5.41, 5.74) is 1.08. The molecule has 2 atom stereocenters. The van der Waals surface area contributed by atoms with Gasteiger partial charge in [-0.2, -0.15) is 5.26 Å². The van der Waals surface area contributed by atoms with E-state index in [0.717, 1.165) is 18.9 Å². The maximum absolute atomic E-state index is 15.5. The van der Waals surface area contributed by atoms with Crippen LogP contribution in [0.1, 0.15) is 55.1 Å². The molecule has 0 spiro atoms. The van der Waals surface area contributed by atoms with Gasteiger partial charge in [0.15, 0.2) is 17.4 Å². The molecule has 252 valence electrons. The number of aliphatic carboxylic acids is 1. The predicted octanol–water partition coefficient (Wildman–Crippen LogP) is 6.62. The van der Waals surface area contributed by atoms with Crippen molar-refractivity contribution in [1.82, 2.24) is 19.4 Å². The highest BCUT2D eigenvalue weighted by Crippen LogP contribution is 2.50. The molecular formula is C36H31ClF3N5O4. The molecule has 49 heavy (non-hydrogen) atoms. The van der Waals surface area contributed by atoms with E-state index in [4.69, 9.17) is 26.1 Å². The number of fused-ring (bicyclic) bond motifs is 1. The van der Waals surface area contributed by atoms with Gasteiger partial charge in [0.2, 0.25) is 5.88 Å². The highest BCUT2D eigenvalue weighted by atomic mass is 35.5. The molecule has 1 saturated carbocycles. The van der Waals surface area contributed by atoms with Gasteiger partial charge < -0.3 is 19.1 Å². The van der Waals surface area contributed by atoms with Crippen molar-refractivity contribution < 1.29 is 32.5 Å². The number of ether oxygens (including phenoxy) is 2. The number of hydrogen-bond donors (Lipinski definition) is 1. The molecule has 2 aromatic heterocycles. The van der Waals surface area contributed by atoms with Gasteiger partial charge in [0.1, 0.15) is 41.5 Å². The first kappa shape index (κ1) is 32.8. The Bertz CT molecular complexity index is 2040. The fourth-order valence-corrected chi connectivity index (χ4v) is 6.61. The number of piperidine rings is 1. The van der Waals surface area contributed by atoms with E-state index in [1.807, 2.05) is 4.57 Å². The van der Waals surface area contributed by atoms with Crippen molar-refractivity contribution in [2.75, 3.05) is 13.1 Å². The van der Waals surface area contributed by atoms with E-state index in [1.54, 1.807) is 6.07 Å². The minimum Gasteiger partial charge on any atom is -0.484 e. The van der Waals surface area contributed by atoms with Crippen LogP contribution in [0.25, 0.3) is 11.0 Å². The lowest BCUT2D eigenvalue weighted by molar-refractivity contribution is -0.140. The van der Waals surface area contributed by atoms with E-state index in [9.17, 15) is 23.9 Å². The number of pyridine rings is 1. The van der Waals surface area contributed by atoms with Crippen molar-refractivity contribution >= 4 is 28.6 Å². The minimum absolute atomic E-state index is 0.0220. The first-order valence-electron chi connectivity index (χ1n) is 16.0. The Morgan fingerprint density at radius 2 is 1.86 bits per heavy atom. The summed E-state index contributed by atoms with van der Waals surface area (Å²) in [5, 5.41) is 19.2. The van der Waals surface area contributed by atoms with E-state index < -0.39 is 35.3 Å². The van der Waals surface area contributed by atoms with Crippen LogP contribution in [0, 0.1) is 52.0 Å². The van der Waals surface area contributed by atoms with E-state index in [2.05, 4.69) is 27.8 Å². The summed E-state index contributed by atoms with van der Waals surface area (Å²) in [7, 11) is 0. The Hall–Kier alpha value is -4.78. The Morgan fingerprint density at radius 3 is 2.53 bits per heavy atom. The van der Waals surface area contributed by atoms with Crippen LogP contribution in [0.3, 0.4) is 0 Å². The molecule has 2 unspecified atom stereocenters. The standard InChI is InChI=1S/C36H31ClF3N5O4/c37-22-1-5-31(27(39)17-22)48-19-29-26(38)4-6-33(42-29)49-23-7-13-44(14-8-23)18-32-43-34-28(40)15-21(24-2-3-25(24)35(46)47)16-30(34)45(32)20-36(9-10-36)11-12-41/h1,4-6,15-17,23-25H,7-11,13-14,18-20H2,(H,46,47). The van der Waals surface area contributed by atoms with Crippen LogP contribution in [-0.2, 0) is 24.5 Å². The summed E-state index contributed by atoms with van der Waals surface area (Å²) < 4.78 is 57.7. The van der Waals surface area contributed by atoms with Crippen molar-refractivity contribution in [2.45, 2.75) is 63.8 Å². The number of hydrogen-bond acceptors (Lipinski definition) is 7. The third-order valence-electron chi connectivity index (χ3n) is 9.50. The molecule has 13 heteroatoms. The SMILES string of the molecule is N#CCC1(Cn2c(CN3CCC(Oc4ccc(F)c(COc5ccc(Cl)cc5F)n4)CC3)nc3c(F)cc(C4C#CC4C(=O)O)cc32)CC1. The lowest BCUT2D eigenvalue weighted by atomic mass is 9.80. The normalized spacial score (nSPS) is 19.8. The fourth-order valence-electron chi connectivity index (χ4n) is 6.45. The second-order valence-corrected chi connectivity index (χ2v) is 13.4. The second kappa shape index (κ2) is 13.3. The molecule has 2 aromatic carbocycles. The number of carboxylic acid groups (broad SMARTS) is 1. The van der Waals surface area contributed by atoms with Gasteiger partial charge in [0.25, 0.3) is 0 Å². The molecule has 9 nitrogen and oxygen atoms in total. The van der Waals surface area contributed by atoms with Crippen molar-refractivity contribution in [3.63, 3.8) is 0 Å². The van der Waals surface area contributed by atoms with Crippen LogP contribution in [-0.4, -0.2) is 49.7 Å². The smallest absolute Gasteiger partial charge is 0.320 e. The zero-order valence-electron chi connectivity index (χ0n) is 26.3. The maximum Gasteiger partial charge on any atom is 0.320 e. The Labute approximate surface area is 285 Å². The number of carbonyl (C=O) groups is 1.